The Kier molecular flexibility index (Phi) is 7.14. The van der Waals surface area contributed by atoms with Gasteiger partial charge in [0, 0.05) is 42.6 Å². The fraction of sp³-hybridized carbons (Fsp3) is 0.480. The van der Waals surface area contributed by atoms with Crippen molar-refractivity contribution < 1.29 is 18.4 Å². The van der Waals surface area contributed by atoms with Gasteiger partial charge in [0.2, 0.25) is 0 Å². The summed E-state index contributed by atoms with van der Waals surface area (Å²) in [5.41, 5.74) is 6.95. The van der Waals surface area contributed by atoms with Crippen molar-refractivity contribution in [2.75, 3.05) is 36.0 Å². The number of benzene rings is 1. The van der Waals surface area contributed by atoms with Crippen LogP contribution in [0.4, 0.5) is 20.3 Å². The van der Waals surface area contributed by atoms with Crippen LogP contribution in [-0.4, -0.2) is 48.9 Å². The van der Waals surface area contributed by atoms with Gasteiger partial charge in [0.25, 0.3) is 17.7 Å². The molecule has 11 heteroatoms. The molecular formula is C25H27BrF2IN5O2. The summed E-state index contributed by atoms with van der Waals surface area (Å²) in [4.78, 5) is 34.2. The van der Waals surface area contributed by atoms with Gasteiger partial charge in [-0.3, -0.25) is 20.4 Å². The second-order valence-corrected chi connectivity index (χ2v) is 12.0. The first-order valence-electron chi connectivity index (χ1n) is 12.1. The smallest absolute Gasteiger partial charge is 0.288 e. The summed E-state index contributed by atoms with van der Waals surface area (Å²) in [6.07, 6.45) is 4.38. The number of hydrazine groups is 1. The first-order valence-corrected chi connectivity index (χ1v) is 14.0. The SMILES string of the molecule is O=C(NNC(=O)c1ccc(I)cc1N1CCC2(CC1)CC2)c1ccc(Br)c(N2CCC(F)(F)CC2)n1. The van der Waals surface area contributed by atoms with Crippen LogP contribution in [0.2, 0.25) is 0 Å². The number of anilines is 2. The Morgan fingerprint density at radius 1 is 0.889 bits per heavy atom. The number of nitrogens with one attached hydrogen (secondary N) is 2. The zero-order valence-corrected chi connectivity index (χ0v) is 23.4. The van der Waals surface area contributed by atoms with E-state index in [1.54, 1.807) is 17.0 Å². The standard InChI is InChI=1S/C25H27BrF2IN5O2/c26-18-3-4-19(30-21(18)34-13-9-25(27,28)10-14-34)23(36)32-31-22(35)17-2-1-16(29)15-20(17)33-11-7-24(5-6-24)8-12-33/h1-4,15H,5-14H2,(H,31,35)(H,32,36). The molecule has 3 aliphatic rings. The molecule has 36 heavy (non-hydrogen) atoms. The van der Waals surface area contributed by atoms with Crippen molar-refractivity contribution in [3.63, 3.8) is 0 Å². The van der Waals surface area contributed by atoms with Crippen molar-refractivity contribution in [2.24, 2.45) is 5.41 Å². The van der Waals surface area contributed by atoms with Gasteiger partial charge in [-0.1, -0.05) is 0 Å². The highest BCUT2D eigenvalue weighted by Crippen LogP contribution is 2.54. The minimum Gasteiger partial charge on any atom is -0.371 e. The van der Waals surface area contributed by atoms with Gasteiger partial charge in [0.1, 0.15) is 11.5 Å². The second-order valence-electron chi connectivity index (χ2n) is 9.90. The molecule has 1 saturated carbocycles. The minimum atomic E-state index is -2.68. The summed E-state index contributed by atoms with van der Waals surface area (Å²) in [5, 5.41) is 0. The molecule has 192 valence electrons. The Bertz CT molecular complexity index is 1170. The van der Waals surface area contributed by atoms with Gasteiger partial charge in [-0.15, -0.1) is 0 Å². The fourth-order valence-corrected chi connectivity index (χ4v) is 5.87. The molecule has 0 radical (unpaired) electrons. The monoisotopic (exact) mass is 673 g/mol. The molecular weight excluding hydrogens is 647 g/mol. The molecule has 5 rings (SSSR count). The zero-order chi connectivity index (χ0) is 25.5. The highest BCUT2D eigenvalue weighted by molar-refractivity contribution is 14.1. The van der Waals surface area contributed by atoms with Crippen molar-refractivity contribution in [1.82, 2.24) is 15.8 Å². The third-order valence-electron chi connectivity index (χ3n) is 7.47. The van der Waals surface area contributed by atoms with Crippen LogP contribution in [0.1, 0.15) is 59.4 Å². The lowest BCUT2D eigenvalue weighted by Crippen LogP contribution is -2.43. The third kappa shape index (κ3) is 5.61. The molecule has 2 aliphatic heterocycles. The summed E-state index contributed by atoms with van der Waals surface area (Å²) in [6.45, 7) is 2.13. The highest BCUT2D eigenvalue weighted by Gasteiger charge is 2.44. The van der Waals surface area contributed by atoms with E-state index in [1.807, 2.05) is 12.1 Å². The number of alkyl halides is 2. The Labute approximate surface area is 230 Å². The van der Waals surface area contributed by atoms with Gasteiger partial charge >= 0.3 is 0 Å². The number of hydrogen-bond donors (Lipinski definition) is 2. The van der Waals surface area contributed by atoms with Crippen LogP contribution >= 0.6 is 38.5 Å². The number of carbonyl (C=O) groups excluding carboxylic acids is 2. The Morgan fingerprint density at radius 3 is 2.19 bits per heavy atom. The molecule has 3 fully saturated rings. The predicted molar refractivity (Wildman–Crippen MR) is 146 cm³/mol. The van der Waals surface area contributed by atoms with Crippen LogP contribution < -0.4 is 20.7 Å². The maximum absolute atomic E-state index is 13.6. The fourth-order valence-electron chi connectivity index (χ4n) is 4.93. The van der Waals surface area contributed by atoms with E-state index in [2.05, 4.69) is 59.3 Å². The average molecular weight is 674 g/mol. The van der Waals surface area contributed by atoms with Gasteiger partial charge in [0.15, 0.2) is 0 Å². The lowest BCUT2D eigenvalue weighted by Gasteiger charge is -2.35. The third-order valence-corrected chi connectivity index (χ3v) is 8.76. The van der Waals surface area contributed by atoms with E-state index in [9.17, 15) is 18.4 Å². The van der Waals surface area contributed by atoms with Crippen molar-refractivity contribution in [1.29, 1.82) is 0 Å². The maximum Gasteiger partial charge on any atom is 0.288 e. The van der Waals surface area contributed by atoms with E-state index >= 15 is 0 Å². The van der Waals surface area contributed by atoms with E-state index in [-0.39, 0.29) is 31.6 Å². The van der Waals surface area contributed by atoms with Gasteiger partial charge < -0.3 is 9.80 Å². The number of amides is 2. The Hall–Kier alpha value is -2.02. The van der Waals surface area contributed by atoms with E-state index in [0.29, 0.717) is 21.3 Å². The second kappa shape index (κ2) is 10.0. The summed E-state index contributed by atoms with van der Waals surface area (Å²) in [7, 11) is 0. The largest absolute Gasteiger partial charge is 0.371 e. The zero-order valence-electron chi connectivity index (χ0n) is 19.6. The van der Waals surface area contributed by atoms with Gasteiger partial charge in [-0.2, -0.15) is 0 Å². The molecule has 0 unspecified atom stereocenters. The molecule has 1 aliphatic carbocycles. The van der Waals surface area contributed by atoms with E-state index in [0.717, 1.165) is 35.2 Å². The first kappa shape index (κ1) is 25.6. The van der Waals surface area contributed by atoms with Gasteiger partial charge in [-0.25, -0.2) is 13.8 Å². The summed E-state index contributed by atoms with van der Waals surface area (Å²) in [6, 6.07) is 8.84. The number of carbonyl (C=O) groups is 2. The number of hydrogen-bond acceptors (Lipinski definition) is 5. The average Bonchev–Trinajstić information content (AvgIpc) is 3.62. The number of halogens is 4. The number of pyridine rings is 1. The molecule has 3 heterocycles. The van der Waals surface area contributed by atoms with Crippen molar-refractivity contribution >= 4 is 61.8 Å². The normalized spacial score (nSPS) is 20.2. The minimum absolute atomic E-state index is 0.0828. The number of piperidine rings is 2. The number of rotatable bonds is 4. The molecule has 2 saturated heterocycles. The quantitative estimate of drug-likeness (QED) is 0.348. The van der Waals surface area contributed by atoms with Crippen molar-refractivity contribution in [3.8, 4) is 0 Å². The molecule has 1 aromatic carbocycles. The van der Waals surface area contributed by atoms with Crippen LogP contribution in [-0.2, 0) is 0 Å². The molecule has 7 nitrogen and oxygen atoms in total. The highest BCUT2D eigenvalue weighted by atomic mass is 127. The summed E-state index contributed by atoms with van der Waals surface area (Å²) < 4.78 is 28.8. The van der Waals surface area contributed by atoms with Crippen molar-refractivity contribution in [3.05, 3.63) is 49.6 Å². The van der Waals surface area contributed by atoms with Crippen molar-refractivity contribution in [2.45, 2.75) is 44.4 Å². The van der Waals surface area contributed by atoms with Crippen LogP contribution in [0, 0.1) is 8.99 Å². The molecule has 2 amide bonds. The Balaban J connectivity index is 1.25. The van der Waals surface area contributed by atoms with Crippen LogP contribution in [0.3, 0.4) is 0 Å². The van der Waals surface area contributed by atoms with E-state index in [1.165, 1.54) is 18.9 Å². The molecule has 2 N–H and O–H groups in total. The topological polar surface area (TPSA) is 77.6 Å². The lowest BCUT2D eigenvalue weighted by atomic mass is 9.93. The molecule has 0 bridgehead atoms. The lowest BCUT2D eigenvalue weighted by molar-refractivity contribution is -0.0221. The number of aromatic nitrogens is 1. The predicted octanol–water partition coefficient (Wildman–Crippen LogP) is 5.14. The molecule has 1 spiro atoms. The van der Waals surface area contributed by atoms with Gasteiger partial charge in [-0.05, 0) is 100.0 Å². The van der Waals surface area contributed by atoms with Crippen LogP contribution in [0.5, 0.6) is 0 Å². The maximum atomic E-state index is 13.6. The summed E-state index contributed by atoms with van der Waals surface area (Å²) >= 11 is 5.64. The Morgan fingerprint density at radius 2 is 1.53 bits per heavy atom. The summed E-state index contributed by atoms with van der Waals surface area (Å²) in [5.74, 6) is -3.23. The van der Waals surface area contributed by atoms with Gasteiger partial charge in [0.05, 0.1) is 15.7 Å². The number of nitrogens with zero attached hydrogens (tertiary/aromatic N) is 3. The van der Waals surface area contributed by atoms with E-state index < -0.39 is 17.7 Å². The first-order chi connectivity index (χ1) is 17.1. The van der Waals surface area contributed by atoms with Crippen LogP contribution in [0.15, 0.2) is 34.8 Å². The molecule has 0 atom stereocenters. The van der Waals surface area contributed by atoms with Crippen LogP contribution in [0.25, 0.3) is 0 Å². The molecule has 1 aromatic heterocycles. The molecule has 2 aromatic rings. The van der Waals surface area contributed by atoms with E-state index in [4.69, 9.17) is 0 Å².